The maximum absolute atomic E-state index is 12.5. The van der Waals surface area contributed by atoms with E-state index in [-0.39, 0.29) is 12.4 Å². The van der Waals surface area contributed by atoms with Crippen molar-refractivity contribution in [3.63, 3.8) is 0 Å². The second kappa shape index (κ2) is 6.71. The molecule has 1 aliphatic rings. The fourth-order valence-electron chi connectivity index (χ4n) is 2.73. The molecule has 22 heavy (non-hydrogen) atoms. The summed E-state index contributed by atoms with van der Waals surface area (Å²) >= 11 is 0. The second-order valence-corrected chi connectivity index (χ2v) is 5.35. The molecule has 0 aromatic heterocycles. The number of nitrogens with one attached hydrogen (secondary N) is 1. The zero-order valence-electron chi connectivity index (χ0n) is 11.9. The van der Waals surface area contributed by atoms with Crippen LogP contribution in [0.4, 0.5) is 13.2 Å². The molecule has 118 valence electrons. The Balaban J connectivity index is 0.00000176. The summed E-state index contributed by atoms with van der Waals surface area (Å²) in [5, 5.41) is 3.43. The van der Waals surface area contributed by atoms with Gasteiger partial charge in [-0.2, -0.15) is 13.2 Å². The van der Waals surface area contributed by atoms with Crippen molar-refractivity contribution < 1.29 is 13.2 Å². The smallest absolute Gasteiger partial charge is 0.310 e. The molecule has 2 aromatic carbocycles. The van der Waals surface area contributed by atoms with Gasteiger partial charge in [0.15, 0.2) is 0 Å². The quantitative estimate of drug-likeness (QED) is 0.797. The first-order chi connectivity index (χ1) is 10.0. The van der Waals surface area contributed by atoms with Crippen molar-refractivity contribution in [1.82, 2.24) is 5.32 Å². The number of rotatable bonds is 2. The Bertz CT molecular complexity index is 599. The third kappa shape index (κ3) is 3.62. The molecule has 1 nitrogen and oxygen atoms in total. The van der Waals surface area contributed by atoms with Gasteiger partial charge in [-0.25, -0.2) is 0 Å². The highest BCUT2D eigenvalue weighted by atomic mass is 35.5. The molecule has 0 radical (unpaired) electrons. The van der Waals surface area contributed by atoms with Crippen molar-refractivity contribution in [2.45, 2.75) is 25.1 Å². The van der Waals surface area contributed by atoms with Gasteiger partial charge in [-0.05, 0) is 48.2 Å². The van der Waals surface area contributed by atoms with Crippen molar-refractivity contribution in [1.29, 1.82) is 0 Å². The van der Waals surface area contributed by atoms with E-state index < -0.39 is 11.7 Å². The number of halogens is 4. The zero-order chi connectivity index (χ0) is 14.9. The molecular weight excluding hydrogens is 311 g/mol. The van der Waals surface area contributed by atoms with E-state index >= 15 is 0 Å². The maximum Gasteiger partial charge on any atom is 0.416 e. The lowest BCUT2D eigenvalue weighted by molar-refractivity contribution is -0.137. The van der Waals surface area contributed by atoms with Gasteiger partial charge in [0.25, 0.3) is 0 Å². The van der Waals surface area contributed by atoms with Gasteiger partial charge in [-0.15, -0.1) is 12.4 Å². The van der Waals surface area contributed by atoms with E-state index in [0.29, 0.717) is 6.04 Å². The minimum atomic E-state index is -4.28. The van der Waals surface area contributed by atoms with E-state index in [4.69, 9.17) is 0 Å². The molecule has 0 spiro atoms. The van der Waals surface area contributed by atoms with Crippen LogP contribution in [-0.4, -0.2) is 6.54 Å². The first-order valence-corrected chi connectivity index (χ1v) is 7.05. The molecule has 0 amide bonds. The van der Waals surface area contributed by atoms with Crippen LogP contribution in [0.2, 0.25) is 0 Å². The van der Waals surface area contributed by atoms with Crippen LogP contribution >= 0.6 is 12.4 Å². The Morgan fingerprint density at radius 3 is 1.86 bits per heavy atom. The minimum absolute atomic E-state index is 0. The number of hydrogen-bond donors (Lipinski definition) is 1. The van der Waals surface area contributed by atoms with Crippen molar-refractivity contribution in [3.8, 4) is 11.1 Å². The normalized spacial score (nSPS) is 18.0. The van der Waals surface area contributed by atoms with Crippen LogP contribution in [0.15, 0.2) is 48.5 Å². The van der Waals surface area contributed by atoms with Crippen LogP contribution in [0.25, 0.3) is 11.1 Å². The number of benzene rings is 2. The molecule has 1 saturated heterocycles. The Hall–Kier alpha value is -1.52. The Morgan fingerprint density at radius 1 is 0.864 bits per heavy atom. The predicted octanol–water partition coefficient (Wildman–Crippen LogP) is 5.22. The SMILES string of the molecule is Cl.FC(F)(F)c1ccc(-c2ccc(C3CCCN3)cc2)cc1. The van der Waals surface area contributed by atoms with Gasteiger partial charge in [0.2, 0.25) is 0 Å². The van der Waals surface area contributed by atoms with Crippen LogP contribution in [0.3, 0.4) is 0 Å². The molecule has 1 unspecified atom stereocenters. The summed E-state index contributed by atoms with van der Waals surface area (Å²) < 4.78 is 37.6. The summed E-state index contributed by atoms with van der Waals surface area (Å²) in [6.07, 6.45) is -1.96. The first-order valence-electron chi connectivity index (χ1n) is 7.05. The first kappa shape index (κ1) is 16.8. The van der Waals surface area contributed by atoms with Crippen LogP contribution in [0.5, 0.6) is 0 Å². The number of hydrogen-bond acceptors (Lipinski definition) is 1. The van der Waals surface area contributed by atoms with E-state index in [1.807, 2.05) is 12.1 Å². The van der Waals surface area contributed by atoms with Crippen LogP contribution < -0.4 is 5.32 Å². The Labute approximate surface area is 134 Å². The summed E-state index contributed by atoms with van der Waals surface area (Å²) in [7, 11) is 0. The topological polar surface area (TPSA) is 12.0 Å². The van der Waals surface area contributed by atoms with Gasteiger partial charge in [0.1, 0.15) is 0 Å². The molecule has 0 saturated carbocycles. The van der Waals surface area contributed by atoms with Crippen LogP contribution in [-0.2, 0) is 6.18 Å². The lowest BCUT2D eigenvalue weighted by Crippen LogP contribution is -2.12. The number of alkyl halides is 3. The van der Waals surface area contributed by atoms with Crippen molar-refractivity contribution in [3.05, 3.63) is 59.7 Å². The molecular formula is C17H17ClF3N. The van der Waals surface area contributed by atoms with Gasteiger partial charge in [0.05, 0.1) is 5.56 Å². The van der Waals surface area contributed by atoms with E-state index in [1.165, 1.54) is 24.1 Å². The standard InChI is InChI=1S/C17H16F3N.ClH/c18-17(19,20)15-9-7-13(8-10-15)12-3-5-14(6-4-12)16-2-1-11-21-16;/h3-10,16,21H,1-2,11H2;1H. The van der Waals surface area contributed by atoms with E-state index in [9.17, 15) is 13.2 Å². The van der Waals surface area contributed by atoms with Crippen molar-refractivity contribution in [2.75, 3.05) is 6.54 Å². The van der Waals surface area contributed by atoms with Crippen LogP contribution in [0.1, 0.15) is 30.0 Å². The van der Waals surface area contributed by atoms with E-state index in [2.05, 4.69) is 17.4 Å². The average Bonchev–Trinajstić information content (AvgIpc) is 3.01. The molecule has 3 rings (SSSR count). The lowest BCUT2D eigenvalue weighted by Gasteiger charge is -2.12. The molecule has 0 aliphatic carbocycles. The maximum atomic E-state index is 12.5. The molecule has 1 heterocycles. The summed E-state index contributed by atoms with van der Waals surface area (Å²) in [4.78, 5) is 0. The molecule has 2 aromatic rings. The van der Waals surface area contributed by atoms with Crippen molar-refractivity contribution >= 4 is 12.4 Å². The molecule has 0 bridgehead atoms. The van der Waals surface area contributed by atoms with Gasteiger partial charge in [0, 0.05) is 6.04 Å². The third-order valence-corrected chi connectivity index (χ3v) is 3.92. The summed E-state index contributed by atoms with van der Waals surface area (Å²) in [6.45, 7) is 1.05. The highest BCUT2D eigenvalue weighted by Crippen LogP contribution is 2.31. The molecule has 1 N–H and O–H groups in total. The van der Waals surface area contributed by atoms with Gasteiger partial charge < -0.3 is 5.32 Å². The molecule has 5 heteroatoms. The summed E-state index contributed by atoms with van der Waals surface area (Å²) in [5.74, 6) is 0. The minimum Gasteiger partial charge on any atom is -0.310 e. The van der Waals surface area contributed by atoms with E-state index in [0.717, 1.165) is 36.2 Å². The lowest BCUT2D eigenvalue weighted by atomic mass is 9.99. The summed E-state index contributed by atoms with van der Waals surface area (Å²) in [5.41, 5.74) is 2.36. The monoisotopic (exact) mass is 327 g/mol. The van der Waals surface area contributed by atoms with Crippen molar-refractivity contribution in [2.24, 2.45) is 0 Å². The van der Waals surface area contributed by atoms with Gasteiger partial charge >= 0.3 is 6.18 Å². The molecule has 1 aliphatic heterocycles. The van der Waals surface area contributed by atoms with E-state index in [1.54, 1.807) is 0 Å². The predicted molar refractivity (Wildman–Crippen MR) is 84.1 cm³/mol. The molecule has 1 atom stereocenters. The Morgan fingerprint density at radius 2 is 1.41 bits per heavy atom. The summed E-state index contributed by atoms with van der Waals surface area (Å²) in [6, 6.07) is 13.7. The fourth-order valence-corrected chi connectivity index (χ4v) is 2.73. The zero-order valence-corrected chi connectivity index (χ0v) is 12.7. The average molecular weight is 328 g/mol. The Kier molecular flexibility index (Phi) is 5.14. The van der Waals surface area contributed by atoms with Crippen LogP contribution in [0, 0.1) is 0 Å². The largest absolute Gasteiger partial charge is 0.416 e. The van der Waals surface area contributed by atoms with Gasteiger partial charge in [-0.3, -0.25) is 0 Å². The third-order valence-electron chi connectivity index (χ3n) is 3.92. The fraction of sp³-hybridized carbons (Fsp3) is 0.294. The highest BCUT2D eigenvalue weighted by Gasteiger charge is 2.29. The van der Waals surface area contributed by atoms with Gasteiger partial charge in [-0.1, -0.05) is 36.4 Å². The highest BCUT2D eigenvalue weighted by molar-refractivity contribution is 5.85. The molecule has 1 fully saturated rings. The second-order valence-electron chi connectivity index (χ2n) is 5.35.